The Hall–Kier alpha value is -2.33. The second kappa shape index (κ2) is 5.35. The van der Waals surface area contributed by atoms with Gasteiger partial charge in [0.05, 0.1) is 24.2 Å². The lowest BCUT2D eigenvalue weighted by Crippen LogP contribution is -2.18. The van der Waals surface area contributed by atoms with Crippen LogP contribution in [0.2, 0.25) is 0 Å². The number of nitrogens with one attached hydrogen (secondary N) is 1. The Morgan fingerprint density at radius 1 is 1.10 bits per heavy atom. The van der Waals surface area contributed by atoms with Gasteiger partial charge in [0.2, 0.25) is 0 Å². The second-order valence-electron chi connectivity index (χ2n) is 4.67. The molecule has 3 rings (SSSR count). The number of H-pyrrole nitrogens is 1. The van der Waals surface area contributed by atoms with Gasteiger partial charge in [0.25, 0.3) is 0 Å². The lowest BCUT2D eigenvalue weighted by Gasteiger charge is -2.04. The smallest absolute Gasteiger partial charge is 0.326 e. The summed E-state index contributed by atoms with van der Waals surface area (Å²) in [5.74, 6) is 0. The van der Waals surface area contributed by atoms with Crippen molar-refractivity contribution in [3.05, 3.63) is 59.0 Å². The van der Waals surface area contributed by atoms with Crippen LogP contribution in [0.4, 0.5) is 0 Å². The normalized spacial score (nSPS) is 11.1. The van der Waals surface area contributed by atoms with E-state index in [4.69, 9.17) is 4.74 Å². The van der Waals surface area contributed by atoms with Crippen molar-refractivity contribution in [3.63, 3.8) is 0 Å². The number of fused-ring (bicyclic) bond motifs is 1. The van der Waals surface area contributed by atoms with Gasteiger partial charge in [-0.05, 0) is 23.3 Å². The van der Waals surface area contributed by atoms with E-state index >= 15 is 0 Å². The van der Waals surface area contributed by atoms with Gasteiger partial charge in [-0.15, -0.1) is 0 Å². The highest BCUT2D eigenvalue weighted by molar-refractivity contribution is 5.82. The summed E-state index contributed by atoms with van der Waals surface area (Å²) in [6.45, 7) is 1.08. The molecule has 102 valence electrons. The summed E-state index contributed by atoms with van der Waals surface area (Å²) < 4.78 is 6.74. The quantitative estimate of drug-likeness (QED) is 0.790. The summed E-state index contributed by atoms with van der Waals surface area (Å²) in [7, 11) is 1.63. The highest BCUT2D eigenvalue weighted by Crippen LogP contribution is 2.22. The molecule has 0 spiro atoms. The summed E-state index contributed by atoms with van der Waals surface area (Å²) in [5.41, 5.74) is 3.90. The molecule has 0 atom stereocenters. The average Bonchev–Trinajstić information content (AvgIpc) is 2.80. The van der Waals surface area contributed by atoms with E-state index in [1.54, 1.807) is 11.7 Å². The minimum absolute atomic E-state index is 0.0951. The number of imidazole rings is 1. The molecule has 0 aliphatic carbocycles. The third kappa shape index (κ3) is 2.26. The van der Waals surface area contributed by atoms with E-state index in [9.17, 15) is 4.79 Å². The van der Waals surface area contributed by atoms with E-state index in [0.29, 0.717) is 13.2 Å². The van der Waals surface area contributed by atoms with Crippen LogP contribution in [0.3, 0.4) is 0 Å². The van der Waals surface area contributed by atoms with Crippen molar-refractivity contribution in [3.8, 4) is 11.1 Å². The minimum atomic E-state index is -0.0951. The van der Waals surface area contributed by atoms with E-state index in [2.05, 4.69) is 17.1 Å². The Balaban J connectivity index is 2.07. The Morgan fingerprint density at radius 3 is 2.65 bits per heavy atom. The topological polar surface area (TPSA) is 47.0 Å². The Kier molecular flexibility index (Phi) is 3.39. The van der Waals surface area contributed by atoms with Crippen molar-refractivity contribution in [1.82, 2.24) is 9.55 Å². The molecule has 0 radical (unpaired) electrons. The lowest BCUT2D eigenvalue weighted by molar-refractivity contribution is 0.187. The van der Waals surface area contributed by atoms with Crippen LogP contribution >= 0.6 is 0 Å². The third-order valence-electron chi connectivity index (χ3n) is 3.40. The summed E-state index contributed by atoms with van der Waals surface area (Å²) >= 11 is 0. The van der Waals surface area contributed by atoms with E-state index in [-0.39, 0.29) is 5.69 Å². The molecule has 0 amide bonds. The molecular formula is C16H16N2O2. The van der Waals surface area contributed by atoms with Crippen molar-refractivity contribution in [2.45, 2.75) is 6.54 Å². The van der Waals surface area contributed by atoms with Crippen molar-refractivity contribution in [2.75, 3.05) is 13.7 Å². The van der Waals surface area contributed by atoms with Crippen LogP contribution in [-0.2, 0) is 11.3 Å². The van der Waals surface area contributed by atoms with Gasteiger partial charge in [-0.25, -0.2) is 4.79 Å². The molecule has 1 N–H and O–H groups in total. The molecule has 0 saturated carbocycles. The van der Waals surface area contributed by atoms with E-state index < -0.39 is 0 Å². The van der Waals surface area contributed by atoms with Gasteiger partial charge in [0, 0.05) is 7.11 Å². The number of hydrogen-bond donors (Lipinski definition) is 1. The van der Waals surface area contributed by atoms with Crippen LogP contribution < -0.4 is 5.69 Å². The molecule has 3 aromatic rings. The molecule has 2 aromatic carbocycles. The average molecular weight is 268 g/mol. The highest BCUT2D eigenvalue weighted by atomic mass is 16.5. The van der Waals surface area contributed by atoms with Crippen molar-refractivity contribution in [2.24, 2.45) is 0 Å². The molecule has 1 heterocycles. The fraction of sp³-hybridized carbons (Fsp3) is 0.188. The lowest BCUT2D eigenvalue weighted by atomic mass is 10.1. The predicted octanol–water partition coefficient (Wildman–Crippen LogP) is 2.64. The number of nitrogens with zero attached hydrogens (tertiary/aromatic N) is 1. The number of methoxy groups -OCH3 is 1. The Labute approximate surface area is 116 Å². The van der Waals surface area contributed by atoms with Crippen LogP contribution in [0.25, 0.3) is 22.2 Å². The summed E-state index contributed by atoms with van der Waals surface area (Å²) in [5, 5.41) is 0. The van der Waals surface area contributed by atoms with Crippen LogP contribution in [-0.4, -0.2) is 23.3 Å². The maximum Gasteiger partial charge on any atom is 0.326 e. The fourth-order valence-electron chi connectivity index (χ4n) is 2.38. The van der Waals surface area contributed by atoms with Crippen molar-refractivity contribution >= 4 is 11.0 Å². The summed E-state index contributed by atoms with van der Waals surface area (Å²) in [4.78, 5) is 14.8. The number of rotatable bonds is 4. The number of aromatic nitrogens is 2. The summed E-state index contributed by atoms with van der Waals surface area (Å²) in [6, 6.07) is 16.1. The first-order valence-corrected chi connectivity index (χ1v) is 6.56. The summed E-state index contributed by atoms with van der Waals surface area (Å²) in [6.07, 6.45) is 0. The molecule has 0 aliphatic heterocycles. The standard InChI is InChI=1S/C16H16N2O2/c1-20-10-9-18-15-8-7-13(11-14(15)17-16(18)19)12-5-3-2-4-6-12/h2-8,11H,9-10H2,1H3,(H,17,19). The molecule has 1 aromatic heterocycles. The number of ether oxygens (including phenoxy) is 1. The van der Waals surface area contributed by atoms with E-state index in [0.717, 1.165) is 22.2 Å². The van der Waals surface area contributed by atoms with E-state index in [1.807, 2.05) is 36.4 Å². The van der Waals surface area contributed by atoms with Crippen LogP contribution in [0.1, 0.15) is 0 Å². The van der Waals surface area contributed by atoms with Gasteiger partial charge in [-0.3, -0.25) is 4.57 Å². The van der Waals surface area contributed by atoms with Crippen molar-refractivity contribution < 1.29 is 4.74 Å². The van der Waals surface area contributed by atoms with Gasteiger partial charge >= 0.3 is 5.69 Å². The number of hydrogen-bond acceptors (Lipinski definition) is 2. The molecular weight excluding hydrogens is 252 g/mol. The first-order chi connectivity index (χ1) is 9.79. The Morgan fingerprint density at radius 2 is 1.90 bits per heavy atom. The highest BCUT2D eigenvalue weighted by Gasteiger charge is 2.07. The molecule has 0 aliphatic rings. The van der Waals surface area contributed by atoms with Gasteiger partial charge in [-0.2, -0.15) is 0 Å². The SMILES string of the molecule is COCCn1c(=O)[nH]c2cc(-c3ccccc3)ccc21. The molecule has 0 fully saturated rings. The molecule has 0 bridgehead atoms. The predicted molar refractivity (Wildman–Crippen MR) is 79.9 cm³/mol. The zero-order valence-electron chi connectivity index (χ0n) is 11.3. The van der Waals surface area contributed by atoms with Crippen LogP contribution in [0, 0.1) is 0 Å². The van der Waals surface area contributed by atoms with Gasteiger partial charge < -0.3 is 9.72 Å². The van der Waals surface area contributed by atoms with Crippen molar-refractivity contribution in [1.29, 1.82) is 0 Å². The molecule has 4 heteroatoms. The molecule has 0 saturated heterocycles. The second-order valence-corrected chi connectivity index (χ2v) is 4.67. The zero-order valence-corrected chi connectivity index (χ0v) is 11.3. The number of benzene rings is 2. The monoisotopic (exact) mass is 268 g/mol. The minimum Gasteiger partial charge on any atom is -0.383 e. The van der Waals surface area contributed by atoms with Crippen LogP contribution in [0.15, 0.2) is 53.3 Å². The maximum atomic E-state index is 11.9. The first-order valence-electron chi connectivity index (χ1n) is 6.56. The maximum absolute atomic E-state index is 11.9. The first kappa shape index (κ1) is 12.7. The number of aromatic amines is 1. The van der Waals surface area contributed by atoms with Gasteiger partial charge in [-0.1, -0.05) is 36.4 Å². The molecule has 0 unspecified atom stereocenters. The molecule has 20 heavy (non-hydrogen) atoms. The van der Waals surface area contributed by atoms with Gasteiger partial charge in [0.15, 0.2) is 0 Å². The largest absolute Gasteiger partial charge is 0.383 e. The molecule has 4 nitrogen and oxygen atoms in total. The van der Waals surface area contributed by atoms with Gasteiger partial charge in [0.1, 0.15) is 0 Å². The zero-order chi connectivity index (χ0) is 13.9. The Bertz CT molecular complexity index is 772. The fourth-order valence-corrected chi connectivity index (χ4v) is 2.38. The van der Waals surface area contributed by atoms with Crippen LogP contribution in [0.5, 0.6) is 0 Å². The third-order valence-corrected chi connectivity index (χ3v) is 3.40. The van der Waals surface area contributed by atoms with E-state index in [1.165, 1.54) is 0 Å².